The fraction of sp³-hybridized carbons (Fsp3) is 0.583. The fourth-order valence-electron chi connectivity index (χ4n) is 2.45. The number of hydrogen-bond donors (Lipinski definition) is 0. The van der Waals surface area contributed by atoms with E-state index in [1.165, 1.54) is 15.8 Å². The van der Waals surface area contributed by atoms with Gasteiger partial charge >= 0.3 is 0 Å². The van der Waals surface area contributed by atoms with E-state index in [-0.39, 0.29) is 5.41 Å². The van der Waals surface area contributed by atoms with Gasteiger partial charge in [-0.2, -0.15) is 5.26 Å². The maximum absolute atomic E-state index is 9.36. The van der Waals surface area contributed by atoms with Gasteiger partial charge in [0.05, 0.1) is 11.5 Å². The Labute approximate surface area is 103 Å². The molecule has 0 aliphatic heterocycles. The average Bonchev–Trinajstić information content (AvgIpc) is 2.76. The molecule has 2 rings (SSSR count). The van der Waals surface area contributed by atoms with Crippen molar-refractivity contribution in [3.05, 3.63) is 20.8 Å². The van der Waals surface area contributed by atoms with E-state index >= 15 is 0 Å². The summed E-state index contributed by atoms with van der Waals surface area (Å²) in [6, 6.07) is 4.63. The second-order valence-corrected chi connectivity index (χ2v) is 6.46. The summed E-state index contributed by atoms with van der Waals surface area (Å²) in [5.41, 5.74) is -0.0905. The zero-order valence-electron chi connectivity index (χ0n) is 8.79. The van der Waals surface area contributed by atoms with Crippen LogP contribution in [0, 0.1) is 22.7 Å². The Morgan fingerprint density at radius 2 is 2.53 bits per heavy atom. The van der Waals surface area contributed by atoms with E-state index < -0.39 is 0 Å². The van der Waals surface area contributed by atoms with E-state index in [0.717, 1.165) is 19.3 Å². The maximum atomic E-state index is 9.36. The lowest BCUT2D eigenvalue weighted by Crippen LogP contribution is -2.17. The summed E-state index contributed by atoms with van der Waals surface area (Å²) >= 11 is 5.30. The van der Waals surface area contributed by atoms with Crippen molar-refractivity contribution in [1.82, 2.24) is 0 Å². The molecule has 1 aromatic rings. The van der Waals surface area contributed by atoms with Crippen molar-refractivity contribution in [2.24, 2.45) is 11.3 Å². The summed E-state index contributed by atoms with van der Waals surface area (Å²) in [5, 5.41) is 11.4. The van der Waals surface area contributed by atoms with Crippen molar-refractivity contribution in [2.75, 3.05) is 0 Å². The van der Waals surface area contributed by atoms with Crippen LogP contribution in [0.3, 0.4) is 0 Å². The zero-order valence-corrected chi connectivity index (χ0v) is 11.2. The molecule has 15 heavy (non-hydrogen) atoms. The standard InChI is InChI=1S/C12H14BrNS/c1-9-2-4-12(6-9,8-14)7-11-10(13)3-5-15-11/h3,5,9H,2,4,6-7H2,1H3. The van der Waals surface area contributed by atoms with Crippen molar-refractivity contribution < 1.29 is 0 Å². The van der Waals surface area contributed by atoms with E-state index in [2.05, 4.69) is 40.4 Å². The molecule has 0 N–H and O–H groups in total. The summed E-state index contributed by atoms with van der Waals surface area (Å²) in [6.07, 6.45) is 4.26. The number of hydrogen-bond acceptors (Lipinski definition) is 2. The summed E-state index contributed by atoms with van der Waals surface area (Å²) in [7, 11) is 0. The molecule has 0 radical (unpaired) electrons. The molecule has 0 amide bonds. The molecule has 80 valence electrons. The van der Waals surface area contributed by atoms with Crippen molar-refractivity contribution in [3.8, 4) is 6.07 Å². The summed E-state index contributed by atoms with van der Waals surface area (Å²) in [6.45, 7) is 2.25. The Morgan fingerprint density at radius 3 is 3.00 bits per heavy atom. The van der Waals surface area contributed by atoms with Crippen LogP contribution < -0.4 is 0 Å². The van der Waals surface area contributed by atoms with Gasteiger partial charge in [-0.25, -0.2) is 0 Å². The lowest BCUT2D eigenvalue weighted by molar-refractivity contribution is 0.393. The number of halogens is 1. The molecular formula is C12H14BrNS. The molecule has 1 aliphatic rings. The van der Waals surface area contributed by atoms with Gasteiger partial charge in [0, 0.05) is 15.8 Å². The second-order valence-electron chi connectivity index (χ2n) is 4.61. The summed E-state index contributed by atoms with van der Waals surface area (Å²) in [5.74, 6) is 0.711. The quantitative estimate of drug-likeness (QED) is 0.790. The van der Waals surface area contributed by atoms with Crippen molar-refractivity contribution in [3.63, 3.8) is 0 Å². The Bertz CT molecular complexity index is 393. The van der Waals surface area contributed by atoms with Gasteiger partial charge in [-0.1, -0.05) is 6.92 Å². The Kier molecular flexibility index (Phi) is 3.18. The van der Waals surface area contributed by atoms with Gasteiger partial charge in [-0.3, -0.25) is 0 Å². The number of nitriles is 1. The Hall–Kier alpha value is -0.330. The highest BCUT2D eigenvalue weighted by atomic mass is 79.9. The largest absolute Gasteiger partial charge is 0.198 e. The highest BCUT2D eigenvalue weighted by molar-refractivity contribution is 9.10. The van der Waals surface area contributed by atoms with Crippen LogP contribution in [0.2, 0.25) is 0 Å². The zero-order chi connectivity index (χ0) is 10.9. The third-order valence-corrected chi connectivity index (χ3v) is 5.21. The molecular weight excluding hydrogens is 270 g/mol. The normalized spacial score (nSPS) is 30.3. The topological polar surface area (TPSA) is 23.8 Å². The number of rotatable bonds is 2. The van der Waals surface area contributed by atoms with Crippen molar-refractivity contribution in [1.29, 1.82) is 5.26 Å². The van der Waals surface area contributed by atoms with Gasteiger partial charge in [0.25, 0.3) is 0 Å². The van der Waals surface area contributed by atoms with E-state index in [4.69, 9.17) is 0 Å². The molecule has 3 heteroatoms. The van der Waals surface area contributed by atoms with Gasteiger partial charge < -0.3 is 0 Å². The molecule has 1 fully saturated rings. The SMILES string of the molecule is CC1CCC(C#N)(Cc2sccc2Br)C1. The Morgan fingerprint density at radius 1 is 1.73 bits per heavy atom. The molecule has 1 heterocycles. The van der Waals surface area contributed by atoms with E-state index in [9.17, 15) is 5.26 Å². The third-order valence-electron chi connectivity index (χ3n) is 3.28. The molecule has 0 saturated heterocycles. The van der Waals surface area contributed by atoms with Crippen molar-refractivity contribution in [2.45, 2.75) is 32.6 Å². The lowest BCUT2D eigenvalue weighted by Gasteiger charge is -2.19. The monoisotopic (exact) mass is 283 g/mol. The molecule has 0 spiro atoms. The van der Waals surface area contributed by atoms with Crippen LogP contribution >= 0.6 is 27.3 Å². The minimum Gasteiger partial charge on any atom is -0.198 e. The predicted molar refractivity (Wildman–Crippen MR) is 66.8 cm³/mol. The smallest absolute Gasteiger partial charge is 0.0693 e. The first-order chi connectivity index (χ1) is 7.15. The van der Waals surface area contributed by atoms with Crippen LogP contribution in [0.1, 0.15) is 31.1 Å². The van der Waals surface area contributed by atoms with Crippen LogP contribution in [-0.2, 0) is 6.42 Å². The van der Waals surface area contributed by atoms with Crippen LogP contribution in [0.15, 0.2) is 15.9 Å². The van der Waals surface area contributed by atoms with Crippen LogP contribution in [0.4, 0.5) is 0 Å². The second kappa shape index (κ2) is 4.27. The molecule has 2 unspecified atom stereocenters. The first-order valence-corrected chi connectivity index (χ1v) is 6.96. The van der Waals surface area contributed by atoms with E-state index in [1.807, 2.05) is 0 Å². The third kappa shape index (κ3) is 2.26. The van der Waals surface area contributed by atoms with Gasteiger partial charge in [0.15, 0.2) is 0 Å². The molecule has 0 bridgehead atoms. The summed E-state index contributed by atoms with van der Waals surface area (Å²) < 4.78 is 1.17. The molecule has 1 aliphatic carbocycles. The Balaban J connectivity index is 2.17. The number of nitrogens with zero attached hydrogens (tertiary/aromatic N) is 1. The van der Waals surface area contributed by atoms with E-state index in [1.54, 1.807) is 11.3 Å². The highest BCUT2D eigenvalue weighted by Gasteiger charge is 2.38. The van der Waals surface area contributed by atoms with Crippen molar-refractivity contribution >= 4 is 27.3 Å². The minimum absolute atomic E-state index is 0.0905. The number of thiophene rings is 1. The maximum Gasteiger partial charge on any atom is 0.0693 e. The van der Waals surface area contributed by atoms with Crippen LogP contribution in [0.25, 0.3) is 0 Å². The molecule has 0 aromatic carbocycles. The first kappa shape index (κ1) is 11.2. The lowest BCUT2D eigenvalue weighted by atomic mass is 9.83. The van der Waals surface area contributed by atoms with E-state index in [0.29, 0.717) is 5.92 Å². The average molecular weight is 284 g/mol. The molecule has 1 nitrogen and oxygen atoms in total. The van der Waals surface area contributed by atoms with Gasteiger partial charge in [0.2, 0.25) is 0 Å². The summed E-state index contributed by atoms with van der Waals surface area (Å²) in [4.78, 5) is 1.32. The molecule has 2 atom stereocenters. The highest BCUT2D eigenvalue weighted by Crippen LogP contribution is 2.45. The fourth-order valence-corrected chi connectivity index (χ4v) is 4.09. The first-order valence-electron chi connectivity index (χ1n) is 5.28. The van der Waals surface area contributed by atoms with Gasteiger partial charge in [0.1, 0.15) is 0 Å². The van der Waals surface area contributed by atoms with Crippen LogP contribution in [0.5, 0.6) is 0 Å². The van der Waals surface area contributed by atoms with Crippen LogP contribution in [-0.4, -0.2) is 0 Å². The minimum atomic E-state index is -0.0905. The molecule has 1 aromatic heterocycles. The van der Waals surface area contributed by atoms with Gasteiger partial charge in [-0.05, 0) is 52.6 Å². The van der Waals surface area contributed by atoms with Gasteiger partial charge in [-0.15, -0.1) is 11.3 Å². The predicted octanol–water partition coefficient (Wildman–Crippen LogP) is 4.38. The molecule has 1 saturated carbocycles.